The zero-order valence-corrected chi connectivity index (χ0v) is 11.3. The highest BCUT2D eigenvalue weighted by atomic mass is 16.6. The highest BCUT2D eigenvalue weighted by Gasteiger charge is 2.22. The third kappa shape index (κ3) is 5.13. The molecule has 0 fully saturated rings. The largest absolute Gasteiger partial charge is 0.386 e. The number of cyclic esters (lactones) is 2. The molecular weight excluding hydrogens is 228 g/mol. The number of allylic oxidation sites excluding steroid dienone is 4. The van der Waals surface area contributed by atoms with Crippen molar-refractivity contribution in [1.82, 2.24) is 0 Å². The molecule has 0 bridgehead atoms. The summed E-state index contributed by atoms with van der Waals surface area (Å²) in [5.74, 6) is -1.03. The van der Waals surface area contributed by atoms with Gasteiger partial charge in [-0.1, -0.05) is 23.3 Å². The first-order valence-corrected chi connectivity index (χ1v) is 6.24. The van der Waals surface area contributed by atoms with E-state index in [1.54, 1.807) is 0 Å². The molecule has 0 amide bonds. The van der Waals surface area contributed by atoms with Gasteiger partial charge in [0.25, 0.3) is 0 Å². The second kappa shape index (κ2) is 6.94. The van der Waals surface area contributed by atoms with E-state index in [0.717, 1.165) is 19.3 Å². The van der Waals surface area contributed by atoms with Crippen LogP contribution in [0.25, 0.3) is 0 Å². The lowest BCUT2D eigenvalue weighted by Crippen LogP contribution is -2.01. The summed E-state index contributed by atoms with van der Waals surface area (Å²) in [6, 6.07) is 0. The molecule has 0 radical (unpaired) electrons. The molecule has 98 valence electrons. The number of rotatable bonds is 6. The highest BCUT2D eigenvalue weighted by molar-refractivity contribution is 6.08. The lowest BCUT2D eigenvalue weighted by Gasteiger charge is -1.99. The number of carbonyl (C=O) groups is 2. The summed E-state index contributed by atoms with van der Waals surface area (Å²) in [6.07, 6.45) is 9.05. The van der Waals surface area contributed by atoms with Crippen molar-refractivity contribution < 1.29 is 14.3 Å². The van der Waals surface area contributed by atoms with Crippen LogP contribution in [0.3, 0.4) is 0 Å². The number of ether oxygens (including phenoxy) is 1. The lowest BCUT2D eigenvalue weighted by molar-refractivity contribution is -0.150. The van der Waals surface area contributed by atoms with E-state index < -0.39 is 11.9 Å². The molecule has 18 heavy (non-hydrogen) atoms. The van der Waals surface area contributed by atoms with Crippen molar-refractivity contribution in [3.8, 4) is 0 Å². The first-order chi connectivity index (χ1) is 8.49. The summed E-state index contributed by atoms with van der Waals surface area (Å²) in [4.78, 5) is 22.0. The maximum absolute atomic E-state index is 11.2. The predicted octanol–water partition coefficient (Wildman–Crippen LogP) is 3.47. The van der Waals surface area contributed by atoms with Gasteiger partial charge in [0.05, 0.1) is 0 Å². The van der Waals surface area contributed by atoms with Crippen LogP contribution in [0.4, 0.5) is 0 Å². The molecular formula is C15H20O3. The van der Waals surface area contributed by atoms with Gasteiger partial charge in [-0.05, 0) is 46.5 Å². The molecule has 0 unspecified atom stereocenters. The maximum Gasteiger partial charge on any atom is 0.342 e. The quantitative estimate of drug-likeness (QED) is 0.410. The molecule has 0 aromatic heterocycles. The maximum atomic E-state index is 11.2. The van der Waals surface area contributed by atoms with E-state index in [-0.39, 0.29) is 0 Å². The minimum Gasteiger partial charge on any atom is -0.386 e. The average molecular weight is 248 g/mol. The number of carbonyl (C=O) groups excluding carboxylic acids is 2. The van der Waals surface area contributed by atoms with Gasteiger partial charge in [-0.15, -0.1) is 0 Å². The zero-order valence-electron chi connectivity index (χ0n) is 11.3. The fourth-order valence-electron chi connectivity index (χ4n) is 1.73. The van der Waals surface area contributed by atoms with Gasteiger partial charge in [0.2, 0.25) is 0 Å². The van der Waals surface area contributed by atoms with Gasteiger partial charge >= 0.3 is 11.9 Å². The van der Waals surface area contributed by atoms with E-state index in [4.69, 9.17) is 0 Å². The molecule has 0 aromatic rings. The average Bonchev–Trinajstić information content (AvgIpc) is 2.57. The molecule has 1 heterocycles. The van der Waals surface area contributed by atoms with E-state index in [9.17, 15) is 9.59 Å². The van der Waals surface area contributed by atoms with E-state index >= 15 is 0 Å². The molecule has 0 aromatic carbocycles. The van der Waals surface area contributed by atoms with Crippen molar-refractivity contribution in [2.24, 2.45) is 0 Å². The summed E-state index contributed by atoms with van der Waals surface area (Å²) >= 11 is 0. The molecule has 0 N–H and O–H groups in total. The van der Waals surface area contributed by atoms with Gasteiger partial charge in [-0.3, -0.25) is 0 Å². The summed E-state index contributed by atoms with van der Waals surface area (Å²) in [6.45, 7) is 6.27. The third-order valence-electron chi connectivity index (χ3n) is 2.75. The monoisotopic (exact) mass is 248 g/mol. The van der Waals surface area contributed by atoms with E-state index in [1.165, 1.54) is 17.2 Å². The number of esters is 2. The fourth-order valence-corrected chi connectivity index (χ4v) is 1.73. The predicted molar refractivity (Wildman–Crippen MR) is 70.8 cm³/mol. The van der Waals surface area contributed by atoms with Gasteiger partial charge < -0.3 is 4.74 Å². The van der Waals surface area contributed by atoms with E-state index in [0.29, 0.717) is 12.0 Å². The van der Waals surface area contributed by atoms with Gasteiger partial charge in [-0.25, -0.2) is 9.59 Å². The van der Waals surface area contributed by atoms with Crippen molar-refractivity contribution in [3.63, 3.8) is 0 Å². The smallest absolute Gasteiger partial charge is 0.342 e. The number of hydrogen-bond donors (Lipinski definition) is 0. The van der Waals surface area contributed by atoms with Gasteiger partial charge in [0.1, 0.15) is 0 Å². The van der Waals surface area contributed by atoms with Gasteiger partial charge in [-0.2, -0.15) is 0 Å². The molecule has 1 aliphatic heterocycles. The van der Waals surface area contributed by atoms with Crippen LogP contribution in [0, 0.1) is 0 Å². The highest BCUT2D eigenvalue weighted by Crippen LogP contribution is 2.16. The Morgan fingerprint density at radius 2 is 1.89 bits per heavy atom. The van der Waals surface area contributed by atoms with Crippen LogP contribution in [0.5, 0.6) is 0 Å². The second-order valence-electron chi connectivity index (χ2n) is 4.79. The van der Waals surface area contributed by atoms with Gasteiger partial charge in [0, 0.05) is 11.6 Å². The SMILES string of the molecule is CC(C)=CCC/C(C)=C/CCC1=CC(=O)OC1=O. The lowest BCUT2D eigenvalue weighted by atomic mass is 10.1. The Morgan fingerprint density at radius 3 is 2.44 bits per heavy atom. The summed E-state index contributed by atoms with van der Waals surface area (Å²) in [5, 5.41) is 0. The van der Waals surface area contributed by atoms with Crippen LogP contribution < -0.4 is 0 Å². The van der Waals surface area contributed by atoms with Gasteiger partial charge in [0.15, 0.2) is 0 Å². The Labute approximate surface area is 108 Å². The molecule has 0 saturated heterocycles. The van der Waals surface area contributed by atoms with Crippen molar-refractivity contribution in [3.05, 3.63) is 34.9 Å². The summed E-state index contributed by atoms with van der Waals surface area (Å²) in [5.41, 5.74) is 3.12. The van der Waals surface area contributed by atoms with Crippen LogP contribution >= 0.6 is 0 Å². The minimum absolute atomic E-state index is 0.480. The van der Waals surface area contributed by atoms with E-state index in [2.05, 4.69) is 37.7 Å². The summed E-state index contributed by atoms with van der Waals surface area (Å²) in [7, 11) is 0. The van der Waals surface area contributed by atoms with Crippen LogP contribution in [-0.2, 0) is 14.3 Å². The molecule has 1 aliphatic rings. The van der Waals surface area contributed by atoms with Crippen LogP contribution in [0.15, 0.2) is 34.9 Å². The third-order valence-corrected chi connectivity index (χ3v) is 2.75. The Kier molecular flexibility index (Phi) is 5.56. The normalized spacial score (nSPS) is 15.5. The van der Waals surface area contributed by atoms with Crippen LogP contribution in [0.1, 0.15) is 46.5 Å². The second-order valence-corrected chi connectivity index (χ2v) is 4.79. The molecule has 1 rings (SSSR count). The molecule has 0 spiro atoms. The van der Waals surface area contributed by atoms with Crippen LogP contribution in [-0.4, -0.2) is 11.9 Å². The van der Waals surface area contributed by atoms with E-state index in [1.807, 2.05) is 0 Å². The van der Waals surface area contributed by atoms with Crippen molar-refractivity contribution in [2.45, 2.75) is 46.5 Å². The van der Waals surface area contributed by atoms with Crippen molar-refractivity contribution in [1.29, 1.82) is 0 Å². The Hall–Kier alpha value is -1.64. The molecule has 0 atom stereocenters. The molecule has 0 saturated carbocycles. The minimum atomic E-state index is -0.542. The first-order valence-electron chi connectivity index (χ1n) is 6.24. The standard InChI is InChI=1S/C15H20O3/c1-11(2)6-4-7-12(3)8-5-9-13-10-14(16)18-15(13)17/h6,8,10H,4-5,7,9H2,1-3H3/b12-8+. The number of hydrogen-bond acceptors (Lipinski definition) is 3. The summed E-state index contributed by atoms with van der Waals surface area (Å²) < 4.78 is 4.42. The first kappa shape index (κ1) is 14.4. The Balaban J connectivity index is 2.32. The topological polar surface area (TPSA) is 43.4 Å². The molecule has 3 nitrogen and oxygen atoms in total. The fraction of sp³-hybridized carbons (Fsp3) is 0.467. The Morgan fingerprint density at radius 1 is 1.17 bits per heavy atom. The molecule has 3 heteroatoms. The van der Waals surface area contributed by atoms with Crippen molar-refractivity contribution in [2.75, 3.05) is 0 Å². The van der Waals surface area contributed by atoms with Crippen molar-refractivity contribution >= 4 is 11.9 Å². The molecule has 0 aliphatic carbocycles. The Bertz CT molecular complexity index is 421. The van der Waals surface area contributed by atoms with Crippen LogP contribution in [0.2, 0.25) is 0 Å². The zero-order chi connectivity index (χ0) is 13.5.